The quantitative estimate of drug-likeness (QED) is 0.517. The molecule has 0 fully saturated rings. The van der Waals surface area contributed by atoms with E-state index in [1.807, 2.05) is 10.7 Å². The molecule has 0 spiro atoms. The molecule has 2 heterocycles. The number of nitrogens with zero attached hydrogens (tertiary/aromatic N) is 5. The van der Waals surface area contributed by atoms with E-state index in [0.717, 1.165) is 49.5 Å². The zero-order valence-corrected chi connectivity index (χ0v) is 19.1. The van der Waals surface area contributed by atoms with Crippen LogP contribution in [0.25, 0.3) is 0 Å². The van der Waals surface area contributed by atoms with Crippen LogP contribution in [0.4, 0.5) is 0 Å². The minimum atomic E-state index is -0.219. The lowest BCUT2D eigenvalue weighted by molar-refractivity contribution is 0.181. The summed E-state index contributed by atoms with van der Waals surface area (Å²) in [5, 5.41) is 13.0. The Morgan fingerprint density at radius 3 is 2.55 bits per heavy atom. The van der Waals surface area contributed by atoms with Crippen molar-refractivity contribution < 1.29 is 4.74 Å². The van der Waals surface area contributed by atoms with Crippen molar-refractivity contribution in [1.29, 1.82) is 0 Å². The largest absolute Gasteiger partial charge is 0.493 e. The molecular weight excluding hydrogens is 386 g/mol. The van der Waals surface area contributed by atoms with Crippen LogP contribution in [0.3, 0.4) is 0 Å². The number of rotatable bonds is 7. The van der Waals surface area contributed by atoms with Crippen molar-refractivity contribution in [3.63, 3.8) is 0 Å². The van der Waals surface area contributed by atoms with Gasteiger partial charge < -0.3 is 4.74 Å². The van der Waals surface area contributed by atoms with Crippen molar-refractivity contribution in [2.24, 2.45) is 0 Å². The van der Waals surface area contributed by atoms with E-state index in [4.69, 9.17) is 4.74 Å². The van der Waals surface area contributed by atoms with E-state index < -0.39 is 0 Å². The fourth-order valence-electron chi connectivity index (χ4n) is 4.24. The molecule has 0 radical (unpaired) electrons. The van der Waals surface area contributed by atoms with E-state index in [1.54, 1.807) is 0 Å². The summed E-state index contributed by atoms with van der Waals surface area (Å²) in [6.45, 7) is 11.1. The number of hydrogen-bond donors (Lipinski definition) is 0. The predicted octanol–water partition coefficient (Wildman–Crippen LogP) is 4.75. The summed E-state index contributed by atoms with van der Waals surface area (Å²) in [4.78, 5) is 2.48. The lowest BCUT2D eigenvalue weighted by Crippen LogP contribution is -2.38. The van der Waals surface area contributed by atoms with Crippen molar-refractivity contribution in [2.75, 3.05) is 13.2 Å². The first kappa shape index (κ1) is 21.5. The Bertz CT molecular complexity index is 1010. The smallest absolute Gasteiger partial charge is 0.173 e. The third-order valence-corrected chi connectivity index (χ3v) is 5.87. The molecule has 3 aromatic rings. The molecule has 0 N–H and O–H groups in total. The molecule has 0 aliphatic carbocycles. The molecule has 0 bridgehead atoms. The van der Waals surface area contributed by atoms with Crippen LogP contribution in [0.1, 0.15) is 69.1 Å². The average molecular weight is 420 g/mol. The predicted molar refractivity (Wildman–Crippen MR) is 122 cm³/mol. The van der Waals surface area contributed by atoms with Crippen LogP contribution < -0.4 is 4.74 Å². The van der Waals surface area contributed by atoms with Gasteiger partial charge in [0.15, 0.2) is 5.82 Å². The molecule has 1 aromatic heterocycles. The van der Waals surface area contributed by atoms with Gasteiger partial charge in [0.2, 0.25) is 0 Å². The Hall–Kier alpha value is -2.73. The highest BCUT2D eigenvalue weighted by Crippen LogP contribution is 2.37. The fraction of sp³-hybridized carbons (Fsp3) is 0.480. The second kappa shape index (κ2) is 9.18. The molecule has 6 nitrogen and oxygen atoms in total. The van der Waals surface area contributed by atoms with Crippen LogP contribution in [0.2, 0.25) is 0 Å². The van der Waals surface area contributed by atoms with Crippen LogP contribution in [-0.2, 0) is 18.5 Å². The van der Waals surface area contributed by atoms with E-state index in [2.05, 4.69) is 90.6 Å². The highest BCUT2D eigenvalue weighted by atomic mass is 16.5. The van der Waals surface area contributed by atoms with Crippen LogP contribution in [0, 0.1) is 0 Å². The maximum atomic E-state index is 6.24. The summed E-state index contributed by atoms with van der Waals surface area (Å²) in [7, 11) is 0. The molecule has 164 valence electrons. The molecule has 6 heteroatoms. The average Bonchev–Trinajstić information content (AvgIpc) is 3.25. The lowest BCUT2D eigenvalue weighted by atomic mass is 9.95. The van der Waals surface area contributed by atoms with Gasteiger partial charge in [-0.15, -0.1) is 5.10 Å². The van der Waals surface area contributed by atoms with E-state index in [0.29, 0.717) is 6.61 Å². The van der Waals surface area contributed by atoms with Gasteiger partial charge in [-0.3, -0.25) is 4.90 Å². The molecule has 1 atom stereocenters. The summed E-state index contributed by atoms with van der Waals surface area (Å²) in [5.41, 5.74) is 3.71. The minimum absolute atomic E-state index is 0.0830. The summed E-state index contributed by atoms with van der Waals surface area (Å²) < 4.78 is 8.20. The topological polar surface area (TPSA) is 56.1 Å². The van der Waals surface area contributed by atoms with Crippen molar-refractivity contribution in [1.82, 2.24) is 25.1 Å². The number of tetrazole rings is 1. The molecule has 0 saturated heterocycles. The van der Waals surface area contributed by atoms with E-state index in [1.165, 1.54) is 11.1 Å². The Kier molecular flexibility index (Phi) is 6.37. The highest BCUT2D eigenvalue weighted by molar-refractivity contribution is 5.40. The van der Waals surface area contributed by atoms with Gasteiger partial charge in [-0.1, -0.05) is 55.8 Å². The molecule has 4 rings (SSSR count). The standard InChI is InChI=1S/C25H33N5O/c1-5-6-17-31-22-14-10-9-13-21(22)23(24-26-27-28-30(24)25(2,3)4)29-16-15-19-11-7-8-12-20(19)18-29/h7-14,23H,5-6,15-18H2,1-4H3. The molecule has 2 aromatic carbocycles. The maximum absolute atomic E-state index is 6.24. The molecule has 1 aliphatic heterocycles. The fourth-order valence-corrected chi connectivity index (χ4v) is 4.24. The maximum Gasteiger partial charge on any atom is 0.173 e. The van der Waals surface area contributed by atoms with Crippen LogP contribution >= 0.6 is 0 Å². The van der Waals surface area contributed by atoms with Gasteiger partial charge in [-0.25, -0.2) is 4.68 Å². The van der Waals surface area contributed by atoms with Crippen molar-refractivity contribution >= 4 is 0 Å². The first-order chi connectivity index (χ1) is 15.0. The molecular formula is C25H33N5O. The molecule has 1 aliphatic rings. The van der Waals surface area contributed by atoms with Gasteiger partial charge in [0.1, 0.15) is 11.8 Å². The number of benzene rings is 2. The Balaban J connectivity index is 1.78. The number of unbranched alkanes of at least 4 members (excludes halogenated alkanes) is 1. The zero-order chi connectivity index (χ0) is 21.8. The van der Waals surface area contributed by atoms with Crippen molar-refractivity contribution in [3.8, 4) is 5.75 Å². The van der Waals surface area contributed by atoms with Crippen molar-refractivity contribution in [2.45, 2.75) is 65.1 Å². The first-order valence-electron chi connectivity index (χ1n) is 11.3. The monoisotopic (exact) mass is 419 g/mol. The minimum Gasteiger partial charge on any atom is -0.493 e. The lowest BCUT2D eigenvalue weighted by Gasteiger charge is -2.36. The zero-order valence-electron chi connectivity index (χ0n) is 19.1. The summed E-state index contributed by atoms with van der Waals surface area (Å²) in [6.07, 6.45) is 3.16. The van der Waals surface area contributed by atoms with E-state index in [-0.39, 0.29) is 11.6 Å². The SMILES string of the molecule is CCCCOc1ccccc1C(c1nnnn1C(C)(C)C)N1CCc2ccccc2C1. The van der Waals surface area contributed by atoms with Gasteiger partial charge in [-0.2, -0.15) is 0 Å². The Morgan fingerprint density at radius 1 is 1.03 bits per heavy atom. The van der Waals surface area contributed by atoms with Gasteiger partial charge >= 0.3 is 0 Å². The molecule has 0 amide bonds. The van der Waals surface area contributed by atoms with Crippen LogP contribution in [0.5, 0.6) is 5.75 Å². The Labute approximate surface area is 185 Å². The Morgan fingerprint density at radius 2 is 1.77 bits per heavy atom. The number of ether oxygens (including phenoxy) is 1. The normalized spacial score (nSPS) is 15.5. The molecule has 0 saturated carbocycles. The summed E-state index contributed by atoms with van der Waals surface area (Å²) in [5.74, 6) is 1.78. The third-order valence-electron chi connectivity index (χ3n) is 5.87. The number of para-hydroxylation sites is 1. The van der Waals surface area contributed by atoms with Gasteiger partial charge in [0.25, 0.3) is 0 Å². The summed E-state index contributed by atoms with van der Waals surface area (Å²) >= 11 is 0. The first-order valence-corrected chi connectivity index (χ1v) is 11.3. The summed E-state index contributed by atoms with van der Waals surface area (Å²) in [6, 6.07) is 17.0. The van der Waals surface area contributed by atoms with Gasteiger partial charge in [0, 0.05) is 18.7 Å². The number of fused-ring (bicyclic) bond motifs is 1. The van der Waals surface area contributed by atoms with Gasteiger partial charge in [0.05, 0.1) is 12.1 Å². The van der Waals surface area contributed by atoms with Crippen molar-refractivity contribution in [3.05, 3.63) is 71.0 Å². The second-order valence-electron chi connectivity index (χ2n) is 9.25. The molecule has 1 unspecified atom stereocenters. The van der Waals surface area contributed by atoms with E-state index in [9.17, 15) is 0 Å². The van der Waals surface area contributed by atoms with Gasteiger partial charge in [-0.05, 0) is 61.2 Å². The van der Waals surface area contributed by atoms with E-state index >= 15 is 0 Å². The third kappa shape index (κ3) is 4.64. The number of hydrogen-bond acceptors (Lipinski definition) is 5. The number of aromatic nitrogens is 4. The van der Waals surface area contributed by atoms with Crippen LogP contribution in [-0.4, -0.2) is 38.3 Å². The van der Waals surface area contributed by atoms with Crippen LogP contribution in [0.15, 0.2) is 48.5 Å². The molecule has 31 heavy (non-hydrogen) atoms. The highest BCUT2D eigenvalue weighted by Gasteiger charge is 2.34. The second-order valence-corrected chi connectivity index (χ2v) is 9.25.